The van der Waals surface area contributed by atoms with Crippen LogP contribution in [-0.2, 0) is 10.0 Å². The van der Waals surface area contributed by atoms with Crippen LogP contribution in [0.25, 0.3) is 16.5 Å². The largest absolute Gasteiger partial charge is 0.386 e. The smallest absolute Gasteiger partial charge is 0.333 e. The van der Waals surface area contributed by atoms with Crippen molar-refractivity contribution in [3.05, 3.63) is 78.8 Å². The van der Waals surface area contributed by atoms with Crippen LogP contribution in [0.2, 0.25) is 4.34 Å². The molecule has 0 saturated carbocycles. The second kappa shape index (κ2) is 9.52. The van der Waals surface area contributed by atoms with Gasteiger partial charge in [-0.1, -0.05) is 11.6 Å². The zero-order valence-electron chi connectivity index (χ0n) is 17.2. The Morgan fingerprint density at radius 3 is 2.44 bits per heavy atom. The maximum atomic E-state index is 14.2. The van der Waals surface area contributed by atoms with E-state index in [2.05, 4.69) is 10.6 Å². The molecule has 4 aromatic rings. The number of sulfonamides is 1. The van der Waals surface area contributed by atoms with Crippen LogP contribution >= 0.6 is 45.5 Å². The molecule has 0 aliphatic heterocycles. The summed E-state index contributed by atoms with van der Waals surface area (Å²) < 4.78 is 42.8. The molecule has 0 spiro atoms. The lowest BCUT2D eigenvalue weighted by molar-refractivity contribution is 0.256. The number of benzene rings is 2. The molecule has 0 saturated heterocycles. The lowest BCUT2D eigenvalue weighted by Crippen LogP contribution is -2.33. The zero-order chi connectivity index (χ0) is 24.6. The summed E-state index contributed by atoms with van der Waals surface area (Å²) in [6.45, 7) is 0. The van der Waals surface area contributed by atoms with E-state index in [1.807, 2.05) is 27.3 Å². The molecular weight excluding hydrogens is 618 g/mol. The van der Waals surface area contributed by atoms with Crippen LogP contribution in [-0.4, -0.2) is 26.1 Å². The van der Waals surface area contributed by atoms with Gasteiger partial charge in [-0.25, -0.2) is 22.3 Å². The van der Waals surface area contributed by atoms with Crippen LogP contribution in [0.5, 0.6) is 0 Å². The zero-order valence-corrected chi connectivity index (χ0v) is 21.8. The monoisotopic (exact) mass is 632 g/mol. The van der Waals surface area contributed by atoms with Gasteiger partial charge >= 0.3 is 6.03 Å². The summed E-state index contributed by atoms with van der Waals surface area (Å²) >= 11 is 8.59. The van der Waals surface area contributed by atoms with E-state index in [0.29, 0.717) is 26.1 Å². The van der Waals surface area contributed by atoms with E-state index >= 15 is 0 Å². The SMILES string of the molecule is CNc1cc2cc(I)n(-c3ccc(NC(=O)NS(=O)(=O)c4ccc(Cl)s4)cc3)c(=O)c2cc1F. The van der Waals surface area contributed by atoms with Crippen LogP contribution < -0.4 is 20.9 Å². The Bertz CT molecular complexity index is 1590. The molecule has 0 atom stereocenters. The molecule has 8 nitrogen and oxygen atoms in total. The van der Waals surface area contributed by atoms with Gasteiger partial charge in [-0.3, -0.25) is 9.36 Å². The maximum Gasteiger partial charge on any atom is 0.333 e. The summed E-state index contributed by atoms with van der Waals surface area (Å²) in [7, 11) is -2.46. The van der Waals surface area contributed by atoms with Gasteiger partial charge < -0.3 is 10.6 Å². The van der Waals surface area contributed by atoms with Crippen molar-refractivity contribution in [2.45, 2.75) is 4.21 Å². The first kappa shape index (κ1) is 24.4. The number of anilines is 2. The van der Waals surface area contributed by atoms with Gasteiger partial charge in [0.2, 0.25) is 0 Å². The van der Waals surface area contributed by atoms with Gasteiger partial charge in [0, 0.05) is 18.4 Å². The molecular formula is C21H15ClFIN4O4S2. The van der Waals surface area contributed by atoms with E-state index in [-0.39, 0.29) is 13.9 Å². The lowest BCUT2D eigenvalue weighted by atomic mass is 10.1. The molecule has 0 aliphatic rings. The topological polar surface area (TPSA) is 109 Å². The first-order valence-electron chi connectivity index (χ1n) is 9.51. The van der Waals surface area contributed by atoms with Gasteiger partial charge in [-0.05, 0) is 82.6 Å². The molecule has 2 aromatic carbocycles. The number of urea groups is 1. The van der Waals surface area contributed by atoms with Crippen LogP contribution in [0.1, 0.15) is 0 Å². The number of halogens is 3. The minimum atomic E-state index is -4.06. The third-order valence-electron chi connectivity index (χ3n) is 4.75. The molecule has 34 heavy (non-hydrogen) atoms. The Hall–Kier alpha value is -2.68. The maximum absolute atomic E-state index is 14.2. The number of nitrogens with zero attached hydrogens (tertiary/aromatic N) is 1. The van der Waals surface area contributed by atoms with E-state index in [4.69, 9.17) is 11.6 Å². The molecule has 2 heterocycles. The third kappa shape index (κ3) is 4.89. The van der Waals surface area contributed by atoms with Crippen molar-refractivity contribution < 1.29 is 17.6 Å². The predicted molar refractivity (Wildman–Crippen MR) is 140 cm³/mol. The standard InChI is InChI=1S/C21H15ClFIN4O4S2/c1-25-16-8-11-9-18(24)28(20(29)14(11)10-15(16)23)13-4-2-12(3-5-13)26-21(30)27-34(31,32)19-7-6-17(22)33-19/h2-10,25H,1H3,(H2,26,27,30). The van der Waals surface area contributed by atoms with Crippen LogP contribution in [0, 0.1) is 9.52 Å². The number of hydrogen-bond acceptors (Lipinski definition) is 6. The van der Waals surface area contributed by atoms with Gasteiger partial charge in [0.25, 0.3) is 15.6 Å². The molecule has 4 rings (SSSR count). The van der Waals surface area contributed by atoms with Crippen molar-refractivity contribution >= 4 is 83.7 Å². The highest BCUT2D eigenvalue weighted by atomic mass is 127. The number of fused-ring (bicyclic) bond motifs is 1. The Labute approximate surface area is 215 Å². The highest BCUT2D eigenvalue weighted by Crippen LogP contribution is 2.26. The van der Waals surface area contributed by atoms with E-state index in [0.717, 1.165) is 11.3 Å². The first-order valence-corrected chi connectivity index (χ1v) is 13.3. The molecule has 0 unspecified atom stereocenters. The minimum absolute atomic E-state index is 0.0912. The predicted octanol–water partition coefficient (Wildman–Crippen LogP) is 5.00. The van der Waals surface area contributed by atoms with Crippen LogP contribution in [0.4, 0.5) is 20.6 Å². The van der Waals surface area contributed by atoms with Crippen molar-refractivity contribution in [2.24, 2.45) is 0 Å². The van der Waals surface area contributed by atoms with Gasteiger partial charge in [0.15, 0.2) is 0 Å². The van der Waals surface area contributed by atoms with Gasteiger partial charge in [-0.2, -0.15) is 0 Å². The second-order valence-electron chi connectivity index (χ2n) is 6.94. The summed E-state index contributed by atoms with van der Waals surface area (Å²) in [5.41, 5.74) is 0.677. The van der Waals surface area contributed by atoms with Gasteiger partial charge in [-0.15, -0.1) is 11.3 Å². The van der Waals surface area contributed by atoms with E-state index in [1.54, 1.807) is 31.3 Å². The Kier molecular flexibility index (Phi) is 6.85. The summed E-state index contributed by atoms with van der Waals surface area (Å²) in [6.07, 6.45) is 0. The van der Waals surface area contributed by atoms with Crippen molar-refractivity contribution in [1.82, 2.24) is 9.29 Å². The number of carbonyl (C=O) groups is 1. The van der Waals surface area contributed by atoms with E-state index < -0.39 is 27.4 Å². The molecule has 2 aromatic heterocycles. The summed E-state index contributed by atoms with van der Waals surface area (Å²) in [4.78, 5) is 25.2. The van der Waals surface area contributed by atoms with Crippen LogP contribution in [0.15, 0.2) is 63.6 Å². The number of nitrogens with one attached hydrogen (secondary N) is 3. The molecule has 176 valence electrons. The molecule has 0 radical (unpaired) electrons. The van der Waals surface area contributed by atoms with Crippen molar-refractivity contribution in [2.75, 3.05) is 17.7 Å². The molecule has 0 fully saturated rings. The fourth-order valence-electron chi connectivity index (χ4n) is 3.20. The molecule has 3 N–H and O–H groups in total. The number of aromatic nitrogens is 1. The first-order chi connectivity index (χ1) is 16.1. The summed E-state index contributed by atoms with van der Waals surface area (Å²) in [5.74, 6) is -0.537. The fourth-order valence-corrected chi connectivity index (χ4v) is 6.43. The lowest BCUT2D eigenvalue weighted by Gasteiger charge is -2.13. The van der Waals surface area contributed by atoms with Crippen LogP contribution in [0.3, 0.4) is 0 Å². The average molecular weight is 633 g/mol. The van der Waals surface area contributed by atoms with Crippen molar-refractivity contribution in [3.63, 3.8) is 0 Å². The normalized spacial score (nSPS) is 11.4. The number of rotatable bonds is 5. The number of pyridine rings is 1. The number of thiophene rings is 1. The number of carbonyl (C=O) groups excluding carboxylic acids is 1. The number of amides is 2. The number of hydrogen-bond donors (Lipinski definition) is 3. The highest BCUT2D eigenvalue weighted by Gasteiger charge is 2.20. The Morgan fingerprint density at radius 1 is 1.12 bits per heavy atom. The second-order valence-corrected chi connectivity index (χ2v) is 11.7. The van der Waals surface area contributed by atoms with Gasteiger partial charge in [0.05, 0.1) is 19.1 Å². The van der Waals surface area contributed by atoms with E-state index in [9.17, 15) is 22.4 Å². The summed E-state index contributed by atoms with van der Waals surface area (Å²) in [5, 5.41) is 6.00. The molecule has 0 aliphatic carbocycles. The van der Waals surface area contributed by atoms with Gasteiger partial charge in [0.1, 0.15) is 10.0 Å². The average Bonchev–Trinajstić information content (AvgIpc) is 3.22. The fraction of sp³-hybridized carbons (Fsp3) is 0.0476. The Morgan fingerprint density at radius 2 is 1.82 bits per heavy atom. The highest BCUT2D eigenvalue weighted by molar-refractivity contribution is 14.1. The minimum Gasteiger partial charge on any atom is -0.386 e. The molecule has 0 bridgehead atoms. The molecule has 13 heteroatoms. The Balaban J connectivity index is 1.58. The molecule has 2 amide bonds. The van der Waals surface area contributed by atoms with Crippen molar-refractivity contribution in [1.29, 1.82) is 0 Å². The van der Waals surface area contributed by atoms with Crippen molar-refractivity contribution in [3.8, 4) is 5.69 Å². The quantitative estimate of drug-likeness (QED) is 0.212. The van der Waals surface area contributed by atoms with E-state index in [1.165, 1.54) is 34.9 Å². The summed E-state index contributed by atoms with van der Waals surface area (Å²) in [6, 6.07) is 12.5. The third-order valence-corrected chi connectivity index (χ3v) is 8.60.